The fourth-order valence-corrected chi connectivity index (χ4v) is 4.18. The van der Waals surface area contributed by atoms with Gasteiger partial charge in [-0.2, -0.15) is 0 Å². The van der Waals surface area contributed by atoms with Crippen molar-refractivity contribution in [2.45, 2.75) is 89.1 Å². The highest BCUT2D eigenvalue weighted by atomic mass is 16.5. The van der Waals surface area contributed by atoms with E-state index in [1.165, 1.54) is 25.7 Å². The molecule has 1 aromatic heterocycles. The molecule has 1 aliphatic heterocycles. The zero-order chi connectivity index (χ0) is 17.6. The molecule has 1 aliphatic carbocycles. The average Bonchev–Trinajstić information content (AvgIpc) is 3.23. The molecule has 2 aliphatic rings. The lowest BCUT2D eigenvalue weighted by Crippen LogP contribution is -2.43. The second-order valence-corrected chi connectivity index (χ2v) is 7.49. The molecule has 25 heavy (non-hydrogen) atoms. The second-order valence-electron chi connectivity index (χ2n) is 7.49. The van der Waals surface area contributed by atoms with Crippen LogP contribution in [0.5, 0.6) is 0 Å². The monoisotopic (exact) mass is 349 g/mol. The van der Waals surface area contributed by atoms with Crippen LogP contribution >= 0.6 is 0 Å². The molecule has 1 saturated heterocycles. The number of likely N-dealkylation sites (tertiary alicyclic amines) is 1. The molecule has 1 saturated carbocycles. The van der Waals surface area contributed by atoms with E-state index in [-0.39, 0.29) is 18.1 Å². The molecule has 5 heteroatoms. The Hall–Kier alpha value is -1.33. The molecule has 3 rings (SSSR count). The van der Waals surface area contributed by atoms with E-state index in [1.807, 2.05) is 11.8 Å². The zero-order valence-corrected chi connectivity index (χ0v) is 15.2. The van der Waals surface area contributed by atoms with Gasteiger partial charge in [-0.25, -0.2) is 0 Å². The third kappa shape index (κ3) is 4.85. The number of rotatable bonds is 6. The maximum atomic E-state index is 12.9. The lowest BCUT2D eigenvalue weighted by Gasteiger charge is -2.30. The first-order valence-electron chi connectivity index (χ1n) is 9.82. The van der Waals surface area contributed by atoms with Crippen molar-refractivity contribution >= 4 is 5.91 Å². The van der Waals surface area contributed by atoms with E-state index < -0.39 is 12.2 Å². The van der Waals surface area contributed by atoms with Gasteiger partial charge in [0.25, 0.3) is 5.91 Å². The lowest BCUT2D eigenvalue weighted by atomic mass is 10.0. The third-order valence-corrected chi connectivity index (χ3v) is 5.57. The standard InChI is InChI=1S/C20H31NO4/c1-15(25-17-9-4-2-3-5-10-17)20(23)21-12-6-8-16(21)14-18(22)19-11-7-13-24-19/h7,11,13,15-18,22H,2-6,8-10,12,14H2,1H3. The van der Waals surface area contributed by atoms with E-state index in [0.717, 1.165) is 32.2 Å². The number of amides is 1. The van der Waals surface area contributed by atoms with Crippen LogP contribution in [0.25, 0.3) is 0 Å². The van der Waals surface area contributed by atoms with Crippen molar-refractivity contribution in [1.29, 1.82) is 0 Å². The Morgan fingerprint density at radius 3 is 2.72 bits per heavy atom. The largest absolute Gasteiger partial charge is 0.467 e. The summed E-state index contributed by atoms with van der Waals surface area (Å²) < 4.78 is 11.4. The van der Waals surface area contributed by atoms with Gasteiger partial charge < -0.3 is 19.2 Å². The molecule has 3 atom stereocenters. The number of hydrogen-bond acceptors (Lipinski definition) is 4. The summed E-state index contributed by atoms with van der Waals surface area (Å²) in [5.41, 5.74) is 0. The van der Waals surface area contributed by atoms with E-state index in [0.29, 0.717) is 12.2 Å². The minimum atomic E-state index is -0.661. The molecule has 0 spiro atoms. The summed E-state index contributed by atoms with van der Waals surface area (Å²) >= 11 is 0. The fourth-order valence-electron chi connectivity index (χ4n) is 4.18. The summed E-state index contributed by atoms with van der Waals surface area (Å²) in [7, 11) is 0. The fraction of sp³-hybridized carbons (Fsp3) is 0.750. The van der Waals surface area contributed by atoms with Crippen LogP contribution < -0.4 is 0 Å². The van der Waals surface area contributed by atoms with E-state index in [1.54, 1.807) is 18.4 Å². The van der Waals surface area contributed by atoms with Crippen LogP contribution in [0.4, 0.5) is 0 Å². The number of carbonyl (C=O) groups excluding carboxylic acids is 1. The van der Waals surface area contributed by atoms with Gasteiger partial charge in [-0.05, 0) is 44.7 Å². The predicted octanol–water partition coefficient (Wildman–Crippen LogP) is 3.82. The average molecular weight is 349 g/mol. The molecular formula is C20H31NO4. The molecule has 0 bridgehead atoms. The summed E-state index contributed by atoms with van der Waals surface area (Å²) in [5.74, 6) is 0.639. The summed E-state index contributed by atoms with van der Waals surface area (Å²) in [4.78, 5) is 14.8. The normalized spacial score (nSPS) is 24.9. The van der Waals surface area contributed by atoms with Gasteiger partial charge >= 0.3 is 0 Å². The molecule has 2 heterocycles. The number of aliphatic hydroxyl groups is 1. The molecule has 0 radical (unpaired) electrons. The van der Waals surface area contributed by atoms with Gasteiger partial charge in [0.05, 0.1) is 12.4 Å². The molecule has 1 amide bonds. The first kappa shape index (κ1) is 18.5. The Balaban J connectivity index is 1.54. The summed E-state index contributed by atoms with van der Waals surface area (Å²) in [6, 6.07) is 3.62. The van der Waals surface area contributed by atoms with E-state index in [4.69, 9.17) is 9.15 Å². The highest BCUT2D eigenvalue weighted by molar-refractivity contribution is 5.81. The minimum Gasteiger partial charge on any atom is -0.467 e. The van der Waals surface area contributed by atoms with Crippen molar-refractivity contribution < 1.29 is 19.1 Å². The lowest BCUT2D eigenvalue weighted by molar-refractivity contribution is -0.148. The number of aliphatic hydroxyl groups excluding tert-OH is 1. The Bertz CT molecular complexity index is 522. The first-order valence-corrected chi connectivity index (χ1v) is 9.82. The molecule has 5 nitrogen and oxygen atoms in total. The molecular weight excluding hydrogens is 318 g/mol. The van der Waals surface area contributed by atoms with Crippen LogP contribution in [-0.4, -0.2) is 40.7 Å². The molecule has 2 fully saturated rings. The van der Waals surface area contributed by atoms with Crippen molar-refractivity contribution in [2.24, 2.45) is 0 Å². The predicted molar refractivity (Wildman–Crippen MR) is 95.1 cm³/mol. The number of nitrogens with zero attached hydrogens (tertiary/aromatic N) is 1. The molecule has 140 valence electrons. The van der Waals surface area contributed by atoms with Gasteiger partial charge in [0.15, 0.2) is 0 Å². The van der Waals surface area contributed by atoms with Crippen LogP contribution in [0.1, 0.15) is 76.6 Å². The summed E-state index contributed by atoms with van der Waals surface area (Å²) in [6.07, 6.45) is 10.3. The summed E-state index contributed by atoms with van der Waals surface area (Å²) in [5, 5.41) is 10.3. The Morgan fingerprint density at radius 2 is 2.04 bits per heavy atom. The van der Waals surface area contributed by atoms with Crippen LogP contribution in [0.3, 0.4) is 0 Å². The molecule has 1 N–H and O–H groups in total. The molecule has 0 aromatic carbocycles. The van der Waals surface area contributed by atoms with Crippen molar-refractivity contribution in [3.8, 4) is 0 Å². The van der Waals surface area contributed by atoms with E-state index in [2.05, 4.69) is 0 Å². The number of furan rings is 1. The third-order valence-electron chi connectivity index (χ3n) is 5.57. The van der Waals surface area contributed by atoms with E-state index in [9.17, 15) is 9.90 Å². The highest BCUT2D eigenvalue weighted by Crippen LogP contribution is 2.29. The van der Waals surface area contributed by atoms with Crippen molar-refractivity contribution in [3.05, 3.63) is 24.2 Å². The minimum absolute atomic E-state index is 0.0628. The van der Waals surface area contributed by atoms with Crippen LogP contribution in [0.2, 0.25) is 0 Å². The molecule has 1 aromatic rings. The van der Waals surface area contributed by atoms with Crippen LogP contribution in [-0.2, 0) is 9.53 Å². The van der Waals surface area contributed by atoms with Gasteiger partial charge in [-0.3, -0.25) is 4.79 Å². The second kappa shape index (κ2) is 8.86. The Kier molecular flexibility index (Phi) is 6.54. The van der Waals surface area contributed by atoms with E-state index >= 15 is 0 Å². The topological polar surface area (TPSA) is 62.9 Å². The summed E-state index contributed by atoms with van der Waals surface area (Å²) in [6.45, 7) is 2.64. The van der Waals surface area contributed by atoms with Crippen LogP contribution in [0, 0.1) is 0 Å². The van der Waals surface area contributed by atoms with Crippen molar-refractivity contribution in [1.82, 2.24) is 4.90 Å². The van der Waals surface area contributed by atoms with Crippen molar-refractivity contribution in [3.63, 3.8) is 0 Å². The maximum Gasteiger partial charge on any atom is 0.251 e. The van der Waals surface area contributed by atoms with Gasteiger partial charge in [0.1, 0.15) is 18.0 Å². The highest BCUT2D eigenvalue weighted by Gasteiger charge is 2.34. The Labute approximate surface area is 150 Å². The number of carbonyl (C=O) groups is 1. The van der Waals surface area contributed by atoms with Gasteiger partial charge in [0.2, 0.25) is 0 Å². The maximum absolute atomic E-state index is 12.9. The van der Waals surface area contributed by atoms with Crippen LogP contribution in [0.15, 0.2) is 22.8 Å². The van der Waals surface area contributed by atoms with Gasteiger partial charge in [-0.1, -0.05) is 25.7 Å². The smallest absolute Gasteiger partial charge is 0.251 e. The SMILES string of the molecule is CC(OC1CCCCCC1)C(=O)N1CCCC1CC(O)c1ccco1. The zero-order valence-electron chi connectivity index (χ0n) is 15.2. The first-order chi connectivity index (χ1) is 12.1. The Morgan fingerprint density at radius 1 is 1.28 bits per heavy atom. The number of hydrogen-bond donors (Lipinski definition) is 1. The molecule has 3 unspecified atom stereocenters. The van der Waals surface area contributed by atoms with Crippen molar-refractivity contribution in [2.75, 3.05) is 6.54 Å². The van der Waals surface area contributed by atoms with Gasteiger partial charge in [0, 0.05) is 19.0 Å². The quantitative estimate of drug-likeness (QED) is 0.793. The van der Waals surface area contributed by atoms with Gasteiger partial charge in [-0.15, -0.1) is 0 Å². The number of ether oxygens (including phenoxy) is 1.